The maximum Gasteiger partial charge on any atom is 0.231 e. The summed E-state index contributed by atoms with van der Waals surface area (Å²) in [6.07, 6.45) is 0. The number of hydrogen-bond donors (Lipinski definition) is 2. The van der Waals surface area contributed by atoms with E-state index in [-0.39, 0.29) is 11.8 Å². The predicted molar refractivity (Wildman–Crippen MR) is 76.2 cm³/mol. The predicted octanol–water partition coefficient (Wildman–Crippen LogP) is 1.70. The molecule has 0 radical (unpaired) electrons. The third kappa shape index (κ3) is 2.36. The normalized spacial score (nSPS) is 17.6. The first-order chi connectivity index (χ1) is 9.25. The van der Waals surface area contributed by atoms with Gasteiger partial charge in [-0.3, -0.25) is 4.79 Å². The molecular formula is C15H19N3O. The Hall–Kier alpha value is -1.81. The fourth-order valence-electron chi connectivity index (χ4n) is 2.62. The molecule has 19 heavy (non-hydrogen) atoms. The molecule has 0 bridgehead atoms. The summed E-state index contributed by atoms with van der Waals surface area (Å²) in [6.45, 7) is 5.39. The number of hydrogen-bond acceptors (Lipinski definition) is 2. The first kappa shape index (κ1) is 12.2. The number of benzene rings is 1. The van der Waals surface area contributed by atoms with Crippen LogP contribution in [-0.4, -0.2) is 42.0 Å². The number of fused-ring (bicyclic) bond motifs is 1. The van der Waals surface area contributed by atoms with E-state index in [1.807, 2.05) is 30.0 Å². The molecule has 0 spiro atoms. The molecule has 1 aliphatic rings. The Morgan fingerprint density at radius 1 is 1.26 bits per heavy atom. The summed E-state index contributed by atoms with van der Waals surface area (Å²) in [6, 6.07) is 10.2. The smallest absolute Gasteiger partial charge is 0.231 e. The van der Waals surface area contributed by atoms with Gasteiger partial charge in [-0.1, -0.05) is 18.2 Å². The summed E-state index contributed by atoms with van der Waals surface area (Å²) in [7, 11) is 0. The molecule has 1 aromatic heterocycles. The van der Waals surface area contributed by atoms with Crippen LogP contribution in [0.4, 0.5) is 0 Å². The van der Waals surface area contributed by atoms with Crippen molar-refractivity contribution >= 4 is 16.8 Å². The summed E-state index contributed by atoms with van der Waals surface area (Å²) in [4.78, 5) is 17.8. The van der Waals surface area contributed by atoms with Crippen LogP contribution >= 0.6 is 0 Å². The number of rotatable bonds is 2. The van der Waals surface area contributed by atoms with Crippen LogP contribution in [0.1, 0.15) is 18.5 Å². The zero-order chi connectivity index (χ0) is 13.2. The second-order valence-corrected chi connectivity index (χ2v) is 5.11. The van der Waals surface area contributed by atoms with Crippen molar-refractivity contribution in [1.82, 2.24) is 15.2 Å². The van der Waals surface area contributed by atoms with Gasteiger partial charge in [0.15, 0.2) is 0 Å². The zero-order valence-corrected chi connectivity index (χ0v) is 11.1. The van der Waals surface area contributed by atoms with Crippen LogP contribution in [0.5, 0.6) is 0 Å². The second-order valence-electron chi connectivity index (χ2n) is 5.11. The van der Waals surface area contributed by atoms with Crippen molar-refractivity contribution in [2.75, 3.05) is 26.2 Å². The summed E-state index contributed by atoms with van der Waals surface area (Å²) < 4.78 is 0. The van der Waals surface area contributed by atoms with E-state index in [2.05, 4.69) is 22.4 Å². The molecule has 4 nitrogen and oxygen atoms in total. The molecule has 2 N–H and O–H groups in total. The van der Waals surface area contributed by atoms with Gasteiger partial charge in [0.25, 0.3) is 0 Å². The second kappa shape index (κ2) is 5.05. The van der Waals surface area contributed by atoms with Crippen molar-refractivity contribution in [2.24, 2.45) is 0 Å². The van der Waals surface area contributed by atoms with Gasteiger partial charge in [-0.15, -0.1) is 0 Å². The SMILES string of the molecule is CC(C(=O)N1CCNCC1)c1cc2ccccc2[nH]1. The van der Waals surface area contributed by atoms with Crippen molar-refractivity contribution < 1.29 is 4.79 Å². The molecule has 1 atom stereocenters. The lowest BCUT2D eigenvalue weighted by molar-refractivity contribution is -0.133. The van der Waals surface area contributed by atoms with E-state index in [4.69, 9.17) is 0 Å². The summed E-state index contributed by atoms with van der Waals surface area (Å²) in [5.41, 5.74) is 2.10. The van der Waals surface area contributed by atoms with Crippen LogP contribution in [0.2, 0.25) is 0 Å². The molecule has 1 aromatic carbocycles. The lowest BCUT2D eigenvalue weighted by Crippen LogP contribution is -2.47. The van der Waals surface area contributed by atoms with Gasteiger partial charge in [-0.25, -0.2) is 0 Å². The number of amides is 1. The molecule has 1 saturated heterocycles. The summed E-state index contributed by atoms with van der Waals surface area (Å²) in [5.74, 6) is 0.110. The molecule has 0 saturated carbocycles. The quantitative estimate of drug-likeness (QED) is 0.860. The highest BCUT2D eigenvalue weighted by Crippen LogP contribution is 2.22. The van der Waals surface area contributed by atoms with Crippen molar-refractivity contribution in [1.29, 1.82) is 0 Å². The first-order valence-electron chi connectivity index (χ1n) is 6.83. The Bertz CT molecular complexity index is 551. The Kier molecular flexibility index (Phi) is 3.25. The van der Waals surface area contributed by atoms with Crippen LogP contribution < -0.4 is 5.32 Å². The number of carbonyl (C=O) groups is 1. The highest BCUT2D eigenvalue weighted by atomic mass is 16.2. The number of aromatic amines is 1. The topological polar surface area (TPSA) is 48.1 Å². The molecule has 0 aliphatic carbocycles. The van der Waals surface area contributed by atoms with Gasteiger partial charge in [-0.05, 0) is 24.4 Å². The maximum absolute atomic E-state index is 12.5. The van der Waals surface area contributed by atoms with Crippen molar-refractivity contribution in [3.05, 3.63) is 36.0 Å². The third-order valence-corrected chi connectivity index (χ3v) is 3.82. The maximum atomic E-state index is 12.5. The van der Waals surface area contributed by atoms with E-state index < -0.39 is 0 Å². The molecule has 3 rings (SSSR count). The molecule has 1 amide bonds. The van der Waals surface area contributed by atoms with E-state index in [1.165, 1.54) is 0 Å². The number of aromatic nitrogens is 1. The minimum atomic E-state index is -0.106. The molecule has 2 heterocycles. The van der Waals surface area contributed by atoms with Gasteiger partial charge in [0.1, 0.15) is 0 Å². The lowest BCUT2D eigenvalue weighted by Gasteiger charge is -2.29. The first-order valence-corrected chi connectivity index (χ1v) is 6.83. The standard InChI is InChI=1S/C15H19N3O/c1-11(15(19)18-8-6-16-7-9-18)14-10-12-4-2-3-5-13(12)17-14/h2-5,10-11,16-17H,6-9H2,1H3. The van der Waals surface area contributed by atoms with Gasteiger partial charge >= 0.3 is 0 Å². The lowest BCUT2D eigenvalue weighted by atomic mass is 10.1. The zero-order valence-electron chi connectivity index (χ0n) is 11.1. The number of para-hydroxylation sites is 1. The monoisotopic (exact) mass is 257 g/mol. The van der Waals surface area contributed by atoms with Crippen molar-refractivity contribution in [3.8, 4) is 0 Å². The number of nitrogens with one attached hydrogen (secondary N) is 2. The van der Waals surface area contributed by atoms with E-state index >= 15 is 0 Å². The van der Waals surface area contributed by atoms with Crippen LogP contribution in [0.15, 0.2) is 30.3 Å². The molecule has 100 valence electrons. The highest BCUT2D eigenvalue weighted by Gasteiger charge is 2.24. The number of nitrogens with zero attached hydrogens (tertiary/aromatic N) is 1. The van der Waals surface area contributed by atoms with Crippen LogP contribution in [0.25, 0.3) is 10.9 Å². The average Bonchev–Trinajstić information content (AvgIpc) is 2.90. The molecular weight excluding hydrogens is 238 g/mol. The van der Waals surface area contributed by atoms with Gasteiger partial charge in [-0.2, -0.15) is 0 Å². The van der Waals surface area contributed by atoms with Gasteiger partial charge in [0, 0.05) is 37.4 Å². The van der Waals surface area contributed by atoms with E-state index in [9.17, 15) is 4.79 Å². The highest BCUT2D eigenvalue weighted by molar-refractivity contribution is 5.87. The Morgan fingerprint density at radius 3 is 2.74 bits per heavy atom. The molecule has 1 fully saturated rings. The Labute approximate surface area is 112 Å². The minimum absolute atomic E-state index is 0.106. The molecule has 2 aromatic rings. The number of H-pyrrole nitrogens is 1. The molecule has 4 heteroatoms. The molecule has 1 unspecified atom stereocenters. The third-order valence-electron chi connectivity index (χ3n) is 3.82. The molecule has 1 aliphatic heterocycles. The Morgan fingerprint density at radius 2 is 2.00 bits per heavy atom. The van der Waals surface area contributed by atoms with Crippen LogP contribution in [0.3, 0.4) is 0 Å². The number of piperazine rings is 1. The van der Waals surface area contributed by atoms with Gasteiger partial charge < -0.3 is 15.2 Å². The Balaban J connectivity index is 1.82. The largest absolute Gasteiger partial charge is 0.358 e. The summed E-state index contributed by atoms with van der Waals surface area (Å²) in [5, 5.41) is 4.43. The van der Waals surface area contributed by atoms with E-state index in [0.717, 1.165) is 42.8 Å². The van der Waals surface area contributed by atoms with Gasteiger partial charge in [0.05, 0.1) is 5.92 Å². The van der Waals surface area contributed by atoms with Crippen molar-refractivity contribution in [3.63, 3.8) is 0 Å². The average molecular weight is 257 g/mol. The fourth-order valence-corrected chi connectivity index (χ4v) is 2.62. The van der Waals surface area contributed by atoms with Crippen LogP contribution in [0, 0.1) is 0 Å². The summed E-state index contributed by atoms with van der Waals surface area (Å²) >= 11 is 0. The van der Waals surface area contributed by atoms with Gasteiger partial charge in [0.2, 0.25) is 5.91 Å². The van der Waals surface area contributed by atoms with Crippen molar-refractivity contribution in [2.45, 2.75) is 12.8 Å². The fraction of sp³-hybridized carbons (Fsp3) is 0.400. The van der Waals surface area contributed by atoms with Crippen LogP contribution in [-0.2, 0) is 4.79 Å². The van der Waals surface area contributed by atoms with E-state index in [0.29, 0.717) is 0 Å². The number of carbonyl (C=O) groups excluding carboxylic acids is 1. The minimum Gasteiger partial charge on any atom is -0.358 e. The van der Waals surface area contributed by atoms with E-state index in [1.54, 1.807) is 0 Å².